The smallest absolute Gasteiger partial charge is 0.344 e. The number of hydrogen-bond donors (Lipinski definition) is 2. The Morgan fingerprint density at radius 3 is 2.65 bits per heavy atom. The maximum absolute atomic E-state index is 13.6. The van der Waals surface area contributed by atoms with Gasteiger partial charge in [-0.25, -0.2) is 14.2 Å². The molecule has 0 saturated carbocycles. The van der Waals surface area contributed by atoms with Gasteiger partial charge in [0.05, 0.1) is 0 Å². The standard InChI is InChI=1S/C26H25FN2O5/c1-17(26(30)31)32-21-9-5-6-18(14-21)12-13-28-16-24(33-20-7-3-2-4-8-20)25-29-22-15-19(27)10-11-23(22)34-25/h2-11,14-15,17,24,28H,12-13,16H2,1H3,(H,30,31). The van der Waals surface area contributed by atoms with Gasteiger partial charge in [0, 0.05) is 12.6 Å². The highest BCUT2D eigenvalue weighted by Crippen LogP contribution is 2.25. The van der Waals surface area contributed by atoms with Crippen molar-refractivity contribution in [1.29, 1.82) is 0 Å². The molecule has 0 aliphatic heterocycles. The van der Waals surface area contributed by atoms with Crippen molar-refractivity contribution in [2.45, 2.75) is 25.6 Å². The molecule has 7 nitrogen and oxygen atoms in total. The second kappa shape index (κ2) is 10.8. The molecule has 0 radical (unpaired) electrons. The van der Waals surface area contributed by atoms with E-state index in [1.54, 1.807) is 12.1 Å². The molecule has 1 heterocycles. The van der Waals surface area contributed by atoms with Crippen molar-refractivity contribution in [3.8, 4) is 11.5 Å². The van der Waals surface area contributed by atoms with Crippen molar-refractivity contribution in [1.82, 2.24) is 10.3 Å². The zero-order valence-corrected chi connectivity index (χ0v) is 18.6. The predicted molar refractivity (Wildman–Crippen MR) is 125 cm³/mol. The minimum absolute atomic E-state index is 0.356. The van der Waals surface area contributed by atoms with Crippen LogP contribution in [-0.4, -0.2) is 35.3 Å². The number of rotatable bonds is 11. The number of ether oxygens (including phenoxy) is 2. The van der Waals surface area contributed by atoms with Gasteiger partial charge >= 0.3 is 5.97 Å². The number of hydrogen-bond acceptors (Lipinski definition) is 6. The topological polar surface area (TPSA) is 93.8 Å². The van der Waals surface area contributed by atoms with E-state index < -0.39 is 18.2 Å². The number of aromatic nitrogens is 1. The van der Waals surface area contributed by atoms with Crippen molar-refractivity contribution in [2.75, 3.05) is 13.1 Å². The molecule has 4 rings (SSSR count). The van der Waals surface area contributed by atoms with Gasteiger partial charge in [-0.1, -0.05) is 30.3 Å². The molecule has 2 atom stereocenters. The molecule has 34 heavy (non-hydrogen) atoms. The van der Waals surface area contributed by atoms with Gasteiger partial charge in [-0.3, -0.25) is 0 Å². The summed E-state index contributed by atoms with van der Waals surface area (Å²) in [6.45, 7) is 2.53. The molecule has 0 aliphatic carbocycles. The first kappa shape index (κ1) is 23.3. The third-order valence-electron chi connectivity index (χ3n) is 5.14. The van der Waals surface area contributed by atoms with Crippen LogP contribution in [0.4, 0.5) is 4.39 Å². The van der Waals surface area contributed by atoms with E-state index in [0.717, 1.165) is 5.56 Å². The number of oxazole rings is 1. The molecule has 8 heteroatoms. The molecular weight excluding hydrogens is 439 g/mol. The molecule has 2 unspecified atom stereocenters. The van der Waals surface area contributed by atoms with Gasteiger partial charge in [-0.05, 0) is 61.9 Å². The number of carbonyl (C=O) groups is 1. The average molecular weight is 464 g/mol. The lowest BCUT2D eigenvalue weighted by atomic mass is 10.1. The Bertz CT molecular complexity index is 1240. The van der Waals surface area contributed by atoms with Crippen LogP contribution in [0.1, 0.15) is 24.5 Å². The van der Waals surface area contributed by atoms with Gasteiger partial charge < -0.3 is 24.3 Å². The maximum atomic E-state index is 13.6. The molecule has 0 aliphatic rings. The van der Waals surface area contributed by atoms with E-state index >= 15 is 0 Å². The first-order valence-corrected chi connectivity index (χ1v) is 10.9. The summed E-state index contributed by atoms with van der Waals surface area (Å²) >= 11 is 0. The Morgan fingerprint density at radius 2 is 1.85 bits per heavy atom. The lowest BCUT2D eigenvalue weighted by Gasteiger charge is -2.17. The average Bonchev–Trinajstić information content (AvgIpc) is 3.25. The molecule has 0 bridgehead atoms. The van der Waals surface area contributed by atoms with Crippen LogP contribution in [0.2, 0.25) is 0 Å². The molecule has 0 amide bonds. The zero-order chi connectivity index (χ0) is 23.9. The first-order chi connectivity index (χ1) is 16.5. The number of halogens is 1. The molecule has 176 valence electrons. The Morgan fingerprint density at radius 1 is 1.06 bits per heavy atom. The van der Waals surface area contributed by atoms with E-state index in [-0.39, 0.29) is 5.82 Å². The minimum atomic E-state index is -1.02. The molecule has 3 aromatic carbocycles. The SMILES string of the molecule is CC(Oc1cccc(CCNCC(Oc2ccccc2)c2nc3cc(F)ccc3o2)c1)C(=O)O. The van der Waals surface area contributed by atoms with Crippen molar-refractivity contribution in [3.63, 3.8) is 0 Å². The zero-order valence-electron chi connectivity index (χ0n) is 18.6. The number of carboxylic acid groups (broad SMARTS) is 1. The summed E-state index contributed by atoms with van der Waals surface area (Å²) in [5.41, 5.74) is 1.93. The summed E-state index contributed by atoms with van der Waals surface area (Å²) in [5.74, 6) is 0.139. The first-order valence-electron chi connectivity index (χ1n) is 10.9. The number of para-hydroxylation sites is 1. The van der Waals surface area contributed by atoms with E-state index in [0.29, 0.717) is 48.0 Å². The molecule has 4 aromatic rings. The monoisotopic (exact) mass is 464 g/mol. The maximum Gasteiger partial charge on any atom is 0.344 e. The molecule has 1 aromatic heterocycles. The fraction of sp³-hybridized carbons (Fsp3) is 0.231. The highest BCUT2D eigenvalue weighted by atomic mass is 19.1. The molecule has 2 N–H and O–H groups in total. The third kappa shape index (κ3) is 6.11. The predicted octanol–water partition coefficient (Wildman–Crippen LogP) is 4.77. The number of benzene rings is 3. The summed E-state index contributed by atoms with van der Waals surface area (Å²) in [4.78, 5) is 15.4. The normalized spacial score (nSPS) is 12.9. The number of carboxylic acids is 1. The Balaban J connectivity index is 1.40. The summed E-state index contributed by atoms with van der Waals surface area (Å²) in [6, 6.07) is 20.9. The van der Waals surface area contributed by atoms with E-state index in [1.165, 1.54) is 19.1 Å². The van der Waals surface area contributed by atoms with Gasteiger partial charge in [0.25, 0.3) is 0 Å². The fourth-order valence-electron chi connectivity index (χ4n) is 3.39. The summed E-state index contributed by atoms with van der Waals surface area (Å²) in [5, 5.41) is 12.4. The summed E-state index contributed by atoms with van der Waals surface area (Å²) in [7, 11) is 0. The Kier molecular flexibility index (Phi) is 7.39. The Labute approximate surface area is 196 Å². The second-order valence-electron chi connectivity index (χ2n) is 7.78. The number of fused-ring (bicyclic) bond motifs is 1. The van der Waals surface area contributed by atoms with Gasteiger partial charge in [0.2, 0.25) is 5.89 Å². The molecule has 0 saturated heterocycles. The number of nitrogens with one attached hydrogen (secondary N) is 1. The van der Waals surface area contributed by atoms with Gasteiger partial charge in [0.1, 0.15) is 22.8 Å². The van der Waals surface area contributed by atoms with Gasteiger partial charge in [-0.15, -0.1) is 0 Å². The van der Waals surface area contributed by atoms with Crippen molar-refractivity contribution in [2.24, 2.45) is 0 Å². The van der Waals surface area contributed by atoms with Gasteiger partial charge in [-0.2, -0.15) is 0 Å². The van der Waals surface area contributed by atoms with Crippen LogP contribution in [0.3, 0.4) is 0 Å². The van der Waals surface area contributed by atoms with E-state index in [4.69, 9.17) is 19.0 Å². The lowest BCUT2D eigenvalue weighted by Crippen LogP contribution is -2.27. The minimum Gasteiger partial charge on any atom is -0.479 e. The van der Waals surface area contributed by atoms with Crippen molar-refractivity contribution >= 4 is 17.1 Å². The molecule has 0 spiro atoms. The van der Waals surface area contributed by atoms with E-state index in [2.05, 4.69) is 10.3 Å². The van der Waals surface area contributed by atoms with E-state index in [1.807, 2.05) is 48.5 Å². The van der Waals surface area contributed by atoms with Crippen LogP contribution in [0.25, 0.3) is 11.1 Å². The quantitative estimate of drug-likeness (QED) is 0.309. The van der Waals surface area contributed by atoms with Crippen molar-refractivity contribution < 1.29 is 28.2 Å². The Hall–Kier alpha value is -3.91. The molecular formula is C26H25FN2O5. The number of nitrogens with zero attached hydrogens (tertiary/aromatic N) is 1. The number of aliphatic carboxylic acids is 1. The second-order valence-corrected chi connectivity index (χ2v) is 7.78. The largest absolute Gasteiger partial charge is 0.479 e. The lowest BCUT2D eigenvalue weighted by molar-refractivity contribution is -0.144. The van der Waals surface area contributed by atoms with Crippen LogP contribution in [0, 0.1) is 5.82 Å². The van der Waals surface area contributed by atoms with Crippen LogP contribution >= 0.6 is 0 Å². The van der Waals surface area contributed by atoms with Crippen molar-refractivity contribution in [3.05, 3.63) is 90.1 Å². The van der Waals surface area contributed by atoms with Gasteiger partial charge in [0.15, 0.2) is 17.8 Å². The molecule has 0 fully saturated rings. The van der Waals surface area contributed by atoms with Crippen LogP contribution < -0.4 is 14.8 Å². The fourth-order valence-corrected chi connectivity index (χ4v) is 3.39. The summed E-state index contributed by atoms with van der Waals surface area (Å²) < 4.78 is 31.0. The van der Waals surface area contributed by atoms with Crippen LogP contribution in [0.15, 0.2) is 77.2 Å². The summed E-state index contributed by atoms with van der Waals surface area (Å²) in [6.07, 6.45) is -0.756. The highest BCUT2D eigenvalue weighted by Gasteiger charge is 2.20. The third-order valence-corrected chi connectivity index (χ3v) is 5.14. The van der Waals surface area contributed by atoms with Crippen LogP contribution in [-0.2, 0) is 11.2 Å². The van der Waals surface area contributed by atoms with Crippen LogP contribution in [0.5, 0.6) is 11.5 Å². The highest BCUT2D eigenvalue weighted by molar-refractivity contribution is 5.72. The van der Waals surface area contributed by atoms with E-state index in [9.17, 15) is 9.18 Å².